The van der Waals surface area contributed by atoms with Crippen LogP contribution in [0.15, 0.2) is 0 Å². The van der Waals surface area contributed by atoms with Gasteiger partial charge in [0.1, 0.15) is 0 Å². The maximum atomic E-state index is 5.58. The van der Waals surface area contributed by atoms with Crippen molar-refractivity contribution in [3.05, 3.63) is 5.15 Å². The molecule has 52 valence electrons. The number of aromatic nitrogens is 2. The Morgan fingerprint density at radius 1 is 1.70 bits per heavy atom. The lowest BCUT2D eigenvalue weighted by molar-refractivity contribution is 1.32. The van der Waals surface area contributed by atoms with Crippen LogP contribution in [0.4, 0.5) is 5.82 Å². The number of terminal acetylenes is 1. The number of hydrogen-bond acceptors (Lipinski definition) is 4. The van der Waals surface area contributed by atoms with Crippen LogP contribution >= 0.6 is 23.3 Å². The molecule has 0 aliphatic rings. The smallest absolute Gasteiger partial charge is 0.186 e. The molecule has 0 aliphatic heterocycles. The van der Waals surface area contributed by atoms with Gasteiger partial charge in [-0.05, 0) is 0 Å². The van der Waals surface area contributed by atoms with Gasteiger partial charge in [-0.3, -0.25) is 0 Å². The molecule has 1 N–H and O–H groups in total. The third-order valence-corrected chi connectivity index (χ3v) is 1.70. The van der Waals surface area contributed by atoms with Crippen molar-refractivity contribution in [1.82, 2.24) is 8.75 Å². The van der Waals surface area contributed by atoms with Gasteiger partial charge in [0.2, 0.25) is 0 Å². The van der Waals surface area contributed by atoms with Crippen molar-refractivity contribution in [3.8, 4) is 12.3 Å². The van der Waals surface area contributed by atoms with Gasteiger partial charge in [0, 0.05) is 0 Å². The van der Waals surface area contributed by atoms with Gasteiger partial charge >= 0.3 is 0 Å². The highest BCUT2D eigenvalue weighted by Crippen LogP contribution is 2.16. The fourth-order valence-electron chi connectivity index (χ4n) is 0.418. The molecule has 0 spiro atoms. The highest BCUT2D eigenvalue weighted by Gasteiger charge is 2.01. The van der Waals surface area contributed by atoms with Gasteiger partial charge in [0.05, 0.1) is 18.3 Å². The van der Waals surface area contributed by atoms with Crippen molar-refractivity contribution in [2.75, 3.05) is 11.9 Å². The van der Waals surface area contributed by atoms with Crippen LogP contribution < -0.4 is 5.32 Å². The maximum Gasteiger partial charge on any atom is 0.186 e. The summed E-state index contributed by atoms with van der Waals surface area (Å²) in [6, 6.07) is 0. The Labute approximate surface area is 67.7 Å². The Bertz CT molecular complexity index is 252. The third-order valence-electron chi connectivity index (χ3n) is 0.806. The number of nitrogens with one attached hydrogen (secondary N) is 1. The highest BCUT2D eigenvalue weighted by molar-refractivity contribution is 6.99. The molecule has 0 aliphatic carbocycles. The van der Waals surface area contributed by atoms with E-state index in [1.54, 1.807) is 0 Å². The van der Waals surface area contributed by atoms with Crippen LogP contribution in [-0.4, -0.2) is 15.3 Å². The normalized spacial score (nSPS) is 8.80. The molecular weight excluding hydrogens is 170 g/mol. The summed E-state index contributed by atoms with van der Waals surface area (Å²) in [7, 11) is 0. The zero-order chi connectivity index (χ0) is 7.40. The van der Waals surface area contributed by atoms with E-state index in [4.69, 9.17) is 18.0 Å². The van der Waals surface area contributed by atoms with Crippen molar-refractivity contribution >= 4 is 29.1 Å². The van der Waals surface area contributed by atoms with E-state index in [0.717, 1.165) is 11.7 Å². The first kappa shape index (κ1) is 7.32. The summed E-state index contributed by atoms with van der Waals surface area (Å²) >= 11 is 6.63. The van der Waals surface area contributed by atoms with E-state index in [9.17, 15) is 0 Å². The average molecular weight is 174 g/mol. The van der Waals surface area contributed by atoms with E-state index in [2.05, 4.69) is 20.0 Å². The standard InChI is InChI=1S/C5H4ClN3S/c1-2-3-7-5-4(6)8-10-9-5/h1H,3H2,(H,7,9). The Morgan fingerprint density at radius 2 is 2.50 bits per heavy atom. The van der Waals surface area contributed by atoms with Crippen molar-refractivity contribution < 1.29 is 0 Å². The minimum atomic E-state index is 0.375. The first-order valence-corrected chi connectivity index (χ1v) is 3.61. The zero-order valence-electron chi connectivity index (χ0n) is 4.97. The average Bonchev–Trinajstić information content (AvgIpc) is 2.31. The van der Waals surface area contributed by atoms with Crippen LogP contribution in [-0.2, 0) is 0 Å². The summed E-state index contributed by atoms with van der Waals surface area (Å²) in [5.41, 5.74) is 0. The van der Waals surface area contributed by atoms with Crippen molar-refractivity contribution in [1.29, 1.82) is 0 Å². The molecule has 1 aromatic heterocycles. The minimum absolute atomic E-state index is 0.375. The lowest BCUT2D eigenvalue weighted by Gasteiger charge is -1.93. The van der Waals surface area contributed by atoms with Crippen LogP contribution in [0.2, 0.25) is 5.15 Å². The topological polar surface area (TPSA) is 37.8 Å². The highest BCUT2D eigenvalue weighted by atomic mass is 35.5. The molecule has 0 aromatic carbocycles. The van der Waals surface area contributed by atoms with Crippen LogP contribution in [0.3, 0.4) is 0 Å². The molecule has 0 bridgehead atoms. The molecule has 0 fully saturated rings. The molecule has 10 heavy (non-hydrogen) atoms. The molecule has 0 atom stereocenters. The van der Waals surface area contributed by atoms with Crippen LogP contribution in [0.25, 0.3) is 0 Å². The number of rotatable bonds is 2. The molecule has 0 saturated heterocycles. The molecule has 1 heterocycles. The molecule has 1 aromatic rings. The Hall–Kier alpha value is -0.790. The third kappa shape index (κ3) is 1.59. The molecular formula is C5H4ClN3S. The lowest BCUT2D eigenvalue weighted by Crippen LogP contribution is -1.98. The van der Waals surface area contributed by atoms with Crippen LogP contribution in [0.1, 0.15) is 0 Å². The number of nitrogens with zero attached hydrogens (tertiary/aromatic N) is 2. The number of halogens is 1. The molecule has 0 amide bonds. The summed E-state index contributed by atoms with van der Waals surface area (Å²) in [4.78, 5) is 0. The van der Waals surface area contributed by atoms with Gasteiger partial charge in [0.15, 0.2) is 11.0 Å². The molecule has 0 saturated carbocycles. The Morgan fingerprint density at radius 3 is 3.00 bits per heavy atom. The summed E-state index contributed by atoms with van der Waals surface area (Å²) in [6.45, 7) is 0.422. The van der Waals surface area contributed by atoms with Crippen LogP contribution in [0.5, 0.6) is 0 Å². The van der Waals surface area contributed by atoms with Crippen molar-refractivity contribution in [2.24, 2.45) is 0 Å². The second-order valence-electron chi connectivity index (χ2n) is 1.46. The summed E-state index contributed by atoms with van der Waals surface area (Å²) in [5.74, 6) is 2.96. The lowest BCUT2D eigenvalue weighted by atomic mass is 10.6. The monoisotopic (exact) mass is 173 g/mol. The second-order valence-corrected chi connectivity index (χ2v) is 2.35. The largest absolute Gasteiger partial charge is 0.356 e. The second kappa shape index (κ2) is 3.40. The minimum Gasteiger partial charge on any atom is -0.356 e. The van der Waals surface area contributed by atoms with Gasteiger partial charge in [-0.25, -0.2) is 0 Å². The van der Waals surface area contributed by atoms with Gasteiger partial charge in [-0.15, -0.1) is 6.42 Å². The number of hydrogen-bond donors (Lipinski definition) is 1. The van der Waals surface area contributed by atoms with E-state index in [0.29, 0.717) is 17.5 Å². The van der Waals surface area contributed by atoms with Crippen molar-refractivity contribution in [2.45, 2.75) is 0 Å². The van der Waals surface area contributed by atoms with E-state index in [-0.39, 0.29) is 0 Å². The molecule has 0 radical (unpaired) electrons. The van der Waals surface area contributed by atoms with Crippen LogP contribution in [0, 0.1) is 12.3 Å². The van der Waals surface area contributed by atoms with Gasteiger partial charge in [-0.2, -0.15) is 8.75 Å². The van der Waals surface area contributed by atoms with Gasteiger partial charge in [0.25, 0.3) is 0 Å². The summed E-state index contributed by atoms with van der Waals surface area (Å²) in [5, 5.41) is 3.19. The number of anilines is 1. The zero-order valence-corrected chi connectivity index (χ0v) is 6.54. The summed E-state index contributed by atoms with van der Waals surface area (Å²) < 4.78 is 7.58. The predicted octanol–water partition coefficient (Wildman–Crippen LogP) is 1.24. The first-order valence-electron chi connectivity index (χ1n) is 2.50. The molecule has 0 unspecified atom stereocenters. The van der Waals surface area contributed by atoms with Gasteiger partial charge < -0.3 is 5.32 Å². The first-order chi connectivity index (χ1) is 4.84. The van der Waals surface area contributed by atoms with E-state index >= 15 is 0 Å². The maximum absolute atomic E-state index is 5.58. The fraction of sp³-hybridized carbons (Fsp3) is 0.200. The summed E-state index contributed by atoms with van der Waals surface area (Å²) in [6.07, 6.45) is 4.99. The van der Waals surface area contributed by atoms with Gasteiger partial charge in [-0.1, -0.05) is 17.5 Å². The van der Waals surface area contributed by atoms with E-state index in [1.807, 2.05) is 0 Å². The molecule has 3 nitrogen and oxygen atoms in total. The Kier molecular flexibility index (Phi) is 2.49. The van der Waals surface area contributed by atoms with E-state index in [1.165, 1.54) is 0 Å². The predicted molar refractivity (Wildman–Crippen MR) is 42.2 cm³/mol. The Balaban J connectivity index is 2.59. The quantitative estimate of drug-likeness (QED) is 0.684. The van der Waals surface area contributed by atoms with E-state index < -0.39 is 0 Å². The molecule has 5 heteroatoms. The van der Waals surface area contributed by atoms with Crippen molar-refractivity contribution in [3.63, 3.8) is 0 Å². The molecule has 1 rings (SSSR count). The SMILES string of the molecule is C#CCNc1nsnc1Cl. The fourth-order valence-corrected chi connectivity index (χ4v) is 1.10.